The number of hydrogen-bond acceptors (Lipinski definition) is 5. The Kier molecular flexibility index (Phi) is 8.07. The standard InChI is InChI=1S/C17H26N8.HI/c1-3-15-22-21-14-25(15)9-8-20-17(18-2)24-12-10-23(11-13-24)16-6-4-5-7-19-16;/h4-7,14H,3,8-13H2,1-2H3,(H,18,20);1H. The topological polar surface area (TPSA) is 74.5 Å². The third kappa shape index (κ3) is 5.05. The molecule has 0 aliphatic carbocycles. The molecule has 0 aromatic carbocycles. The number of piperazine rings is 1. The van der Waals surface area contributed by atoms with Gasteiger partial charge in [0.05, 0.1) is 0 Å². The number of nitrogens with one attached hydrogen (secondary N) is 1. The van der Waals surface area contributed by atoms with Crippen LogP contribution in [0.1, 0.15) is 12.7 Å². The molecule has 0 bridgehead atoms. The number of nitrogens with zero attached hydrogens (tertiary/aromatic N) is 7. The Bertz CT molecular complexity index is 679. The lowest BCUT2D eigenvalue weighted by atomic mass is 10.3. The second-order valence-corrected chi connectivity index (χ2v) is 5.93. The van der Waals surface area contributed by atoms with Crippen LogP contribution in [0.3, 0.4) is 0 Å². The molecule has 1 saturated heterocycles. The summed E-state index contributed by atoms with van der Waals surface area (Å²) in [6.07, 6.45) is 4.52. The maximum Gasteiger partial charge on any atom is 0.193 e. The van der Waals surface area contributed by atoms with E-state index in [4.69, 9.17) is 0 Å². The lowest BCUT2D eigenvalue weighted by Crippen LogP contribution is -2.53. The van der Waals surface area contributed by atoms with Crippen LogP contribution in [0.2, 0.25) is 0 Å². The van der Waals surface area contributed by atoms with Crippen molar-refractivity contribution < 1.29 is 0 Å². The lowest BCUT2D eigenvalue weighted by Gasteiger charge is -2.37. The molecule has 2 aromatic heterocycles. The monoisotopic (exact) mass is 470 g/mol. The molecule has 0 spiro atoms. The Labute approximate surface area is 171 Å². The second kappa shape index (κ2) is 10.3. The zero-order valence-electron chi connectivity index (χ0n) is 15.4. The van der Waals surface area contributed by atoms with E-state index < -0.39 is 0 Å². The van der Waals surface area contributed by atoms with E-state index in [1.54, 1.807) is 6.33 Å². The molecular weight excluding hydrogens is 443 g/mol. The quantitative estimate of drug-likeness (QED) is 0.403. The molecule has 26 heavy (non-hydrogen) atoms. The Balaban J connectivity index is 0.00000243. The SMILES string of the molecule is CCc1nncn1CCNC(=NC)N1CCN(c2ccccn2)CC1.I. The maximum atomic E-state index is 4.43. The molecule has 3 heterocycles. The summed E-state index contributed by atoms with van der Waals surface area (Å²) >= 11 is 0. The van der Waals surface area contributed by atoms with E-state index in [-0.39, 0.29) is 24.0 Å². The zero-order chi connectivity index (χ0) is 17.5. The van der Waals surface area contributed by atoms with Crippen molar-refractivity contribution in [2.75, 3.05) is 44.7 Å². The van der Waals surface area contributed by atoms with Crippen LogP contribution < -0.4 is 10.2 Å². The van der Waals surface area contributed by atoms with Crippen molar-refractivity contribution in [1.82, 2.24) is 30.0 Å². The van der Waals surface area contributed by atoms with Gasteiger partial charge in [0, 0.05) is 58.9 Å². The first-order valence-electron chi connectivity index (χ1n) is 8.80. The first-order valence-corrected chi connectivity index (χ1v) is 8.80. The summed E-state index contributed by atoms with van der Waals surface area (Å²) in [5, 5.41) is 11.5. The molecule has 1 aliphatic heterocycles. The predicted molar refractivity (Wildman–Crippen MR) is 114 cm³/mol. The van der Waals surface area contributed by atoms with E-state index in [0.29, 0.717) is 0 Å². The van der Waals surface area contributed by atoms with Gasteiger partial charge in [-0.3, -0.25) is 4.99 Å². The summed E-state index contributed by atoms with van der Waals surface area (Å²) in [6, 6.07) is 6.04. The molecule has 142 valence electrons. The van der Waals surface area contributed by atoms with Gasteiger partial charge in [0.15, 0.2) is 5.96 Å². The third-order valence-corrected chi connectivity index (χ3v) is 4.41. The number of anilines is 1. The van der Waals surface area contributed by atoms with Crippen LogP contribution in [0.4, 0.5) is 5.82 Å². The summed E-state index contributed by atoms with van der Waals surface area (Å²) in [4.78, 5) is 13.5. The Morgan fingerprint density at radius 1 is 1.23 bits per heavy atom. The van der Waals surface area contributed by atoms with Gasteiger partial charge < -0.3 is 19.7 Å². The van der Waals surface area contributed by atoms with Crippen LogP contribution in [0, 0.1) is 0 Å². The number of aromatic nitrogens is 4. The van der Waals surface area contributed by atoms with Gasteiger partial charge in [0.2, 0.25) is 0 Å². The average Bonchev–Trinajstić information content (AvgIpc) is 3.14. The normalized spacial score (nSPS) is 14.9. The third-order valence-electron chi connectivity index (χ3n) is 4.41. The van der Waals surface area contributed by atoms with Gasteiger partial charge in [0.1, 0.15) is 18.0 Å². The van der Waals surface area contributed by atoms with Gasteiger partial charge >= 0.3 is 0 Å². The predicted octanol–water partition coefficient (Wildman–Crippen LogP) is 1.25. The number of hydrogen-bond donors (Lipinski definition) is 1. The van der Waals surface area contributed by atoms with Crippen molar-refractivity contribution in [2.24, 2.45) is 4.99 Å². The van der Waals surface area contributed by atoms with Gasteiger partial charge in [-0.05, 0) is 12.1 Å². The summed E-state index contributed by atoms with van der Waals surface area (Å²) < 4.78 is 2.08. The summed E-state index contributed by atoms with van der Waals surface area (Å²) in [5.74, 6) is 3.01. The van der Waals surface area contributed by atoms with Crippen molar-refractivity contribution in [1.29, 1.82) is 0 Å². The van der Waals surface area contributed by atoms with E-state index in [1.165, 1.54) is 0 Å². The minimum absolute atomic E-state index is 0. The van der Waals surface area contributed by atoms with Crippen molar-refractivity contribution in [3.8, 4) is 0 Å². The van der Waals surface area contributed by atoms with Crippen molar-refractivity contribution in [3.05, 3.63) is 36.5 Å². The fraction of sp³-hybridized carbons (Fsp3) is 0.529. The lowest BCUT2D eigenvalue weighted by molar-refractivity contribution is 0.370. The molecule has 1 fully saturated rings. The van der Waals surface area contributed by atoms with Crippen LogP contribution in [-0.2, 0) is 13.0 Å². The van der Waals surface area contributed by atoms with Crippen molar-refractivity contribution in [2.45, 2.75) is 19.9 Å². The number of guanidine groups is 1. The molecule has 9 heteroatoms. The van der Waals surface area contributed by atoms with Crippen molar-refractivity contribution in [3.63, 3.8) is 0 Å². The zero-order valence-corrected chi connectivity index (χ0v) is 17.7. The number of aryl methyl sites for hydroxylation is 1. The first-order chi connectivity index (χ1) is 12.3. The Morgan fingerprint density at radius 2 is 2.04 bits per heavy atom. The molecule has 0 atom stereocenters. The van der Waals surface area contributed by atoms with E-state index in [0.717, 1.165) is 63.3 Å². The molecule has 0 amide bonds. The van der Waals surface area contributed by atoms with Gasteiger partial charge in [-0.2, -0.15) is 0 Å². The van der Waals surface area contributed by atoms with Gasteiger partial charge in [-0.1, -0.05) is 13.0 Å². The fourth-order valence-electron chi connectivity index (χ4n) is 3.05. The highest BCUT2D eigenvalue weighted by atomic mass is 127. The van der Waals surface area contributed by atoms with Gasteiger partial charge in [-0.15, -0.1) is 34.2 Å². The molecule has 2 aromatic rings. The van der Waals surface area contributed by atoms with Crippen LogP contribution in [0.15, 0.2) is 35.7 Å². The molecule has 0 radical (unpaired) electrons. The second-order valence-electron chi connectivity index (χ2n) is 5.93. The average molecular weight is 470 g/mol. The Morgan fingerprint density at radius 3 is 2.69 bits per heavy atom. The number of halogens is 1. The highest BCUT2D eigenvalue weighted by Gasteiger charge is 2.20. The van der Waals surface area contributed by atoms with E-state index >= 15 is 0 Å². The van der Waals surface area contributed by atoms with Crippen molar-refractivity contribution >= 4 is 35.8 Å². The minimum atomic E-state index is 0. The largest absolute Gasteiger partial charge is 0.354 e. The summed E-state index contributed by atoms with van der Waals surface area (Å²) in [5.41, 5.74) is 0. The minimum Gasteiger partial charge on any atom is -0.354 e. The maximum absolute atomic E-state index is 4.43. The molecule has 0 saturated carbocycles. The van der Waals surface area contributed by atoms with Crippen LogP contribution in [0.5, 0.6) is 0 Å². The van der Waals surface area contributed by atoms with E-state index in [9.17, 15) is 0 Å². The molecule has 8 nitrogen and oxygen atoms in total. The van der Waals surface area contributed by atoms with Crippen LogP contribution in [-0.4, -0.2) is 70.4 Å². The molecule has 3 rings (SSSR count). The molecular formula is C17H27IN8. The summed E-state index contributed by atoms with van der Waals surface area (Å²) in [6.45, 7) is 7.49. The fourth-order valence-corrected chi connectivity index (χ4v) is 3.05. The highest BCUT2D eigenvalue weighted by molar-refractivity contribution is 14.0. The number of rotatable bonds is 5. The highest BCUT2D eigenvalue weighted by Crippen LogP contribution is 2.12. The van der Waals surface area contributed by atoms with Crippen LogP contribution in [0.25, 0.3) is 0 Å². The summed E-state index contributed by atoms with van der Waals surface area (Å²) in [7, 11) is 1.84. The molecule has 0 unspecified atom stereocenters. The van der Waals surface area contributed by atoms with Gasteiger partial charge in [0.25, 0.3) is 0 Å². The number of aliphatic imine (C=N–C) groups is 1. The first kappa shape index (κ1) is 20.4. The van der Waals surface area contributed by atoms with E-state index in [1.807, 2.05) is 25.4 Å². The molecule has 1 N–H and O–H groups in total. The molecule has 1 aliphatic rings. The number of pyridine rings is 1. The smallest absolute Gasteiger partial charge is 0.193 e. The van der Waals surface area contributed by atoms with Gasteiger partial charge in [-0.25, -0.2) is 4.98 Å². The Hall–Kier alpha value is -1.91. The van der Waals surface area contributed by atoms with E-state index in [2.05, 4.69) is 52.8 Å². The van der Waals surface area contributed by atoms with Crippen LogP contribution >= 0.6 is 24.0 Å².